The van der Waals surface area contributed by atoms with Crippen LogP contribution < -0.4 is 0 Å². The number of carbonyl (C=O) groups is 1. The molecular weight excluding hydrogens is 274 g/mol. The Kier molecular flexibility index (Phi) is 3.89. The van der Waals surface area contributed by atoms with Gasteiger partial charge in [0.25, 0.3) is 0 Å². The molecular formula is C9H7BrClFO2. The van der Waals surface area contributed by atoms with Gasteiger partial charge in [-0.05, 0) is 35.0 Å². The first-order chi connectivity index (χ1) is 6.56. The van der Waals surface area contributed by atoms with Crippen LogP contribution in [-0.2, 0) is 4.74 Å². The van der Waals surface area contributed by atoms with Crippen molar-refractivity contribution in [2.24, 2.45) is 0 Å². The maximum absolute atomic E-state index is 12.9. The number of carbonyl (C=O) groups excluding carboxylic acids is 1. The summed E-state index contributed by atoms with van der Waals surface area (Å²) < 4.78 is 18.0. The van der Waals surface area contributed by atoms with Gasteiger partial charge >= 0.3 is 5.97 Å². The molecule has 0 aliphatic heterocycles. The van der Waals surface area contributed by atoms with Crippen LogP contribution in [-0.4, -0.2) is 12.6 Å². The average Bonchev–Trinajstić information content (AvgIpc) is 2.11. The van der Waals surface area contributed by atoms with Crippen molar-refractivity contribution in [3.63, 3.8) is 0 Å². The molecule has 14 heavy (non-hydrogen) atoms. The zero-order valence-electron chi connectivity index (χ0n) is 7.31. The van der Waals surface area contributed by atoms with Crippen LogP contribution in [0.25, 0.3) is 0 Å². The van der Waals surface area contributed by atoms with E-state index in [2.05, 4.69) is 15.9 Å². The van der Waals surface area contributed by atoms with Crippen molar-refractivity contribution in [2.45, 2.75) is 6.92 Å². The van der Waals surface area contributed by atoms with E-state index in [1.807, 2.05) is 0 Å². The lowest BCUT2D eigenvalue weighted by Crippen LogP contribution is -2.06. The first-order valence-corrected chi connectivity index (χ1v) is 5.05. The van der Waals surface area contributed by atoms with E-state index >= 15 is 0 Å². The van der Waals surface area contributed by atoms with Crippen molar-refractivity contribution in [1.82, 2.24) is 0 Å². The summed E-state index contributed by atoms with van der Waals surface area (Å²) in [7, 11) is 0. The number of hydrogen-bond acceptors (Lipinski definition) is 2. The van der Waals surface area contributed by atoms with E-state index in [9.17, 15) is 9.18 Å². The van der Waals surface area contributed by atoms with Gasteiger partial charge in [-0.25, -0.2) is 9.18 Å². The molecule has 0 amide bonds. The van der Waals surface area contributed by atoms with Crippen molar-refractivity contribution in [3.8, 4) is 0 Å². The second-order valence-corrected chi connectivity index (χ2v) is 3.67. The molecule has 1 aromatic carbocycles. The first-order valence-electron chi connectivity index (χ1n) is 3.88. The Balaban J connectivity index is 3.13. The monoisotopic (exact) mass is 280 g/mol. The molecule has 0 heterocycles. The minimum atomic E-state index is -0.597. The SMILES string of the molecule is CCOC(=O)c1cc(F)cc(Cl)c1Br. The van der Waals surface area contributed by atoms with Crippen LogP contribution >= 0.6 is 27.5 Å². The predicted octanol–water partition coefficient (Wildman–Crippen LogP) is 3.42. The summed E-state index contributed by atoms with van der Waals surface area (Å²) in [6, 6.07) is 2.20. The topological polar surface area (TPSA) is 26.3 Å². The van der Waals surface area contributed by atoms with Gasteiger partial charge in [0.05, 0.1) is 21.7 Å². The Bertz CT molecular complexity index is 368. The molecule has 0 aliphatic rings. The average molecular weight is 282 g/mol. The molecule has 0 bridgehead atoms. The summed E-state index contributed by atoms with van der Waals surface area (Å²) in [5, 5.41) is 0.146. The second-order valence-electron chi connectivity index (χ2n) is 2.47. The second kappa shape index (κ2) is 4.75. The number of halogens is 3. The lowest BCUT2D eigenvalue weighted by molar-refractivity contribution is 0.0524. The van der Waals surface area contributed by atoms with Crippen LogP contribution in [0.3, 0.4) is 0 Å². The summed E-state index contributed by atoms with van der Waals surface area (Å²) in [5.74, 6) is -1.16. The lowest BCUT2D eigenvalue weighted by atomic mass is 10.2. The van der Waals surface area contributed by atoms with Crippen LogP contribution in [0.1, 0.15) is 17.3 Å². The Morgan fingerprint density at radius 3 is 2.86 bits per heavy atom. The smallest absolute Gasteiger partial charge is 0.339 e. The zero-order chi connectivity index (χ0) is 10.7. The highest BCUT2D eigenvalue weighted by atomic mass is 79.9. The van der Waals surface area contributed by atoms with Gasteiger partial charge in [0, 0.05) is 0 Å². The number of ether oxygens (including phenoxy) is 1. The molecule has 0 aliphatic carbocycles. The predicted molar refractivity (Wildman–Crippen MR) is 55.1 cm³/mol. The van der Waals surface area contributed by atoms with Crippen molar-refractivity contribution < 1.29 is 13.9 Å². The summed E-state index contributed by atoms with van der Waals surface area (Å²) >= 11 is 8.75. The third-order valence-corrected chi connectivity index (χ3v) is 2.87. The van der Waals surface area contributed by atoms with E-state index in [1.165, 1.54) is 0 Å². The molecule has 0 spiro atoms. The van der Waals surface area contributed by atoms with E-state index in [0.29, 0.717) is 4.47 Å². The highest BCUT2D eigenvalue weighted by Gasteiger charge is 2.15. The quantitative estimate of drug-likeness (QED) is 0.613. The van der Waals surface area contributed by atoms with E-state index in [-0.39, 0.29) is 17.2 Å². The number of hydrogen-bond donors (Lipinski definition) is 0. The molecule has 2 nitrogen and oxygen atoms in total. The zero-order valence-corrected chi connectivity index (χ0v) is 9.65. The highest BCUT2D eigenvalue weighted by Crippen LogP contribution is 2.28. The third kappa shape index (κ3) is 2.45. The summed E-state index contributed by atoms with van der Waals surface area (Å²) in [6.45, 7) is 1.91. The highest BCUT2D eigenvalue weighted by molar-refractivity contribution is 9.10. The van der Waals surface area contributed by atoms with Gasteiger partial charge in [-0.3, -0.25) is 0 Å². The Morgan fingerprint density at radius 2 is 2.29 bits per heavy atom. The summed E-state index contributed by atoms with van der Waals surface area (Å²) in [6.07, 6.45) is 0. The van der Waals surface area contributed by atoms with Crippen LogP contribution in [0.2, 0.25) is 5.02 Å². The fourth-order valence-corrected chi connectivity index (χ4v) is 1.51. The van der Waals surface area contributed by atoms with Gasteiger partial charge in [-0.15, -0.1) is 0 Å². The van der Waals surface area contributed by atoms with Gasteiger partial charge in [-0.1, -0.05) is 11.6 Å². The van der Waals surface area contributed by atoms with E-state index in [4.69, 9.17) is 16.3 Å². The molecule has 76 valence electrons. The first kappa shape index (κ1) is 11.5. The summed E-state index contributed by atoms with van der Waals surface area (Å²) in [5.41, 5.74) is 0.0943. The van der Waals surface area contributed by atoms with Gasteiger partial charge in [0.2, 0.25) is 0 Å². The molecule has 1 rings (SSSR count). The molecule has 0 saturated heterocycles. The van der Waals surface area contributed by atoms with Crippen molar-refractivity contribution in [2.75, 3.05) is 6.61 Å². The maximum Gasteiger partial charge on any atom is 0.339 e. The fraction of sp³-hybridized carbons (Fsp3) is 0.222. The Hall–Kier alpha value is -0.610. The number of rotatable bonds is 2. The molecule has 5 heteroatoms. The van der Waals surface area contributed by atoms with Crippen LogP contribution in [0.15, 0.2) is 16.6 Å². The van der Waals surface area contributed by atoms with Crippen LogP contribution in [0.4, 0.5) is 4.39 Å². The minimum absolute atomic E-state index is 0.0943. The van der Waals surface area contributed by atoms with E-state index in [1.54, 1.807) is 6.92 Å². The van der Waals surface area contributed by atoms with Crippen molar-refractivity contribution in [3.05, 3.63) is 33.0 Å². The lowest BCUT2D eigenvalue weighted by Gasteiger charge is -2.05. The number of benzene rings is 1. The van der Waals surface area contributed by atoms with Crippen molar-refractivity contribution >= 4 is 33.5 Å². The molecule has 0 fully saturated rings. The number of esters is 1. The fourth-order valence-electron chi connectivity index (χ4n) is 0.913. The van der Waals surface area contributed by atoms with Gasteiger partial charge in [-0.2, -0.15) is 0 Å². The standard InChI is InChI=1S/C9H7BrClFO2/c1-2-14-9(13)6-3-5(12)4-7(11)8(6)10/h3-4H,2H2,1H3. The Morgan fingerprint density at radius 1 is 1.64 bits per heavy atom. The van der Waals surface area contributed by atoms with E-state index < -0.39 is 11.8 Å². The van der Waals surface area contributed by atoms with Gasteiger partial charge in [0.1, 0.15) is 5.82 Å². The molecule has 0 unspecified atom stereocenters. The third-order valence-electron chi connectivity index (χ3n) is 1.49. The molecule has 0 radical (unpaired) electrons. The van der Waals surface area contributed by atoms with Crippen molar-refractivity contribution in [1.29, 1.82) is 0 Å². The molecule has 0 N–H and O–H groups in total. The van der Waals surface area contributed by atoms with Gasteiger partial charge in [0.15, 0.2) is 0 Å². The van der Waals surface area contributed by atoms with Gasteiger partial charge < -0.3 is 4.74 Å². The molecule has 0 atom stereocenters. The largest absolute Gasteiger partial charge is 0.462 e. The normalized spacial score (nSPS) is 10.0. The molecule has 0 aromatic heterocycles. The van der Waals surface area contributed by atoms with Crippen LogP contribution in [0.5, 0.6) is 0 Å². The molecule has 1 aromatic rings. The minimum Gasteiger partial charge on any atom is -0.462 e. The Labute approximate surface area is 94.1 Å². The van der Waals surface area contributed by atoms with Crippen LogP contribution in [0, 0.1) is 5.82 Å². The summed E-state index contributed by atoms with van der Waals surface area (Å²) in [4.78, 5) is 11.3. The van der Waals surface area contributed by atoms with E-state index in [0.717, 1.165) is 12.1 Å². The maximum atomic E-state index is 12.9. The molecule has 0 saturated carbocycles.